The average molecular weight is 228 g/mol. The molecule has 3 nitrogen and oxygen atoms in total. The number of rotatable bonds is 3. The molecule has 0 radical (unpaired) electrons. The van der Waals surface area contributed by atoms with Crippen molar-refractivity contribution in [2.45, 2.75) is 12.5 Å². The minimum absolute atomic E-state index is 0.496. The highest BCUT2D eigenvalue weighted by Crippen LogP contribution is 2.36. The van der Waals surface area contributed by atoms with Crippen LogP contribution in [-0.4, -0.2) is 25.3 Å². The fourth-order valence-corrected chi connectivity index (χ4v) is 2.10. The maximum Gasteiger partial charge on any atom is 0.128 e. The van der Waals surface area contributed by atoms with Crippen LogP contribution < -0.4 is 10.1 Å². The van der Waals surface area contributed by atoms with Crippen LogP contribution in [0.1, 0.15) is 17.2 Å². The van der Waals surface area contributed by atoms with E-state index in [4.69, 9.17) is 16.3 Å². The zero-order valence-electron chi connectivity index (χ0n) is 8.59. The van der Waals surface area contributed by atoms with Gasteiger partial charge >= 0.3 is 0 Å². The SMILES string of the molecule is CNCC(O)c1cc(Cl)cc2c1OCC2. The molecule has 0 saturated heterocycles. The van der Waals surface area contributed by atoms with E-state index >= 15 is 0 Å². The molecule has 2 rings (SSSR count). The lowest BCUT2D eigenvalue weighted by atomic mass is 10.0. The molecule has 0 amide bonds. The summed E-state index contributed by atoms with van der Waals surface area (Å²) in [6.07, 6.45) is 0.301. The summed E-state index contributed by atoms with van der Waals surface area (Å²) < 4.78 is 5.51. The predicted molar refractivity (Wildman–Crippen MR) is 59.5 cm³/mol. The molecule has 0 bridgehead atoms. The van der Waals surface area contributed by atoms with E-state index in [1.54, 1.807) is 13.1 Å². The van der Waals surface area contributed by atoms with Crippen LogP contribution in [0, 0.1) is 0 Å². The van der Waals surface area contributed by atoms with Crippen molar-refractivity contribution < 1.29 is 9.84 Å². The first-order valence-corrected chi connectivity index (χ1v) is 5.38. The van der Waals surface area contributed by atoms with Crippen molar-refractivity contribution in [3.8, 4) is 5.75 Å². The number of aliphatic hydroxyl groups excluding tert-OH is 1. The van der Waals surface area contributed by atoms with Gasteiger partial charge in [0.15, 0.2) is 0 Å². The molecule has 1 aliphatic heterocycles. The van der Waals surface area contributed by atoms with Gasteiger partial charge in [-0.15, -0.1) is 0 Å². The van der Waals surface area contributed by atoms with Gasteiger partial charge in [-0.2, -0.15) is 0 Å². The third kappa shape index (κ3) is 2.09. The minimum Gasteiger partial charge on any atom is -0.493 e. The highest BCUT2D eigenvalue weighted by Gasteiger charge is 2.21. The summed E-state index contributed by atoms with van der Waals surface area (Å²) in [7, 11) is 1.80. The van der Waals surface area contributed by atoms with Crippen LogP contribution in [0.3, 0.4) is 0 Å². The Kier molecular flexibility index (Phi) is 3.14. The van der Waals surface area contributed by atoms with Gasteiger partial charge in [0.05, 0.1) is 12.7 Å². The van der Waals surface area contributed by atoms with E-state index in [2.05, 4.69) is 5.32 Å². The van der Waals surface area contributed by atoms with Crippen molar-refractivity contribution in [3.05, 3.63) is 28.3 Å². The zero-order chi connectivity index (χ0) is 10.8. The topological polar surface area (TPSA) is 41.5 Å². The summed E-state index contributed by atoms with van der Waals surface area (Å²) in [5.41, 5.74) is 1.87. The van der Waals surface area contributed by atoms with Crippen LogP contribution in [0.4, 0.5) is 0 Å². The van der Waals surface area contributed by atoms with Crippen molar-refractivity contribution in [2.75, 3.05) is 20.2 Å². The highest BCUT2D eigenvalue weighted by atomic mass is 35.5. The molecular weight excluding hydrogens is 214 g/mol. The first-order chi connectivity index (χ1) is 7.22. The molecule has 4 heteroatoms. The predicted octanol–water partition coefficient (Wildman–Crippen LogP) is 1.53. The molecule has 0 saturated carbocycles. The Balaban J connectivity index is 2.37. The Hall–Kier alpha value is -0.770. The van der Waals surface area contributed by atoms with Gasteiger partial charge in [0.25, 0.3) is 0 Å². The molecule has 1 heterocycles. The monoisotopic (exact) mass is 227 g/mol. The summed E-state index contributed by atoms with van der Waals surface area (Å²) in [6.45, 7) is 1.17. The Morgan fingerprint density at radius 1 is 1.60 bits per heavy atom. The van der Waals surface area contributed by atoms with Crippen LogP contribution in [0.2, 0.25) is 5.02 Å². The average Bonchev–Trinajstić information content (AvgIpc) is 2.64. The lowest BCUT2D eigenvalue weighted by molar-refractivity contribution is 0.173. The second kappa shape index (κ2) is 4.39. The van der Waals surface area contributed by atoms with Crippen LogP contribution in [0.25, 0.3) is 0 Å². The standard InChI is InChI=1S/C11H14ClNO2/c1-13-6-10(14)9-5-8(12)4-7-2-3-15-11(7)9/h4-5,10,13-14H,2-3,6H2,1H3. The number of nitrogens with one attached hydrogen (secondary N) is 1. The van der Waals surface area contributed by atoms with Crippen LogP contribution >= 0.6 is 11.6 Å². The minimum atomic E-state index is -0.569. The molecule has 1 atom stereocenters. The van der Waals surface area contributed by atoms with Gasteiger partial charge in [-0.1, -0.05) is 11.6 Å². The number of hydrogen-bond acceptors (Lipinski definition) is 3. The number of benzene rings is 1. The van der Waals surface area contributed by atoms with Crippen LogP contribution in [-0.2, 0) is 6.42 Å². The second-order valence-electron chi connectivity index (χ2n) is 3.66. The van der Waals surface area contributed by atoms with E-state index in [0.717, 1.165) is 23.3 Å². The fraction of sp³-hybridized carbons (Fsp3) is 0.455. The van der Waals surface area contributed by atoms with Gasteiger partial charge in [0.2, 0.25) is 0 Å². The summed E-state index contributed by atoms with van der Waals surface area (Å²) >= 11 is 5.99. The van der Waals surface area contributed by atoms with Crippen LogP contribution in [0.5, 0.6) is 5.75 Å². The fourth-order valence-electron chi connectivity index (χ4n) is 1.85. The summed E-state index contributed by atoms with van der Waals surface area (Å²) in [5.74, 6) is 0.808. The lowest BCUT2D eigenvalue weighted by Gasteiger charge is -2.14. The van der Waals surface area contributed by atoms with E-state index < -0.39 is 6.10 Å². The Bertz CT molecular complexity index is 368. The number of aliphatic hydroxyl groups is 1. The second-order valence-corrected chi connectivity index (χ2v) is 4.09. The summed E-state index contributed by atoms with van der Waals surface area (Å²) in [4.78, 5) is 0. The number of hydrogen-bond donors (Lipinski definition) is 2. The first-order valence-electron chi connectivity index (χ1n) is 5.00. The van der Waals surface area contributed by atoms with Gasteiger partial charge in [-0.25, -0.2) is 0 Å². The van der Waals surface area contributed by atoms with E-state index in [-0.39, 0.29) is 0 Å². The van der Waals surface area contributed by atoms with Crippen molar-refractivity contribution in [3.63, 3.8) is 0 Å². The molecular formula is C11H14ClNO2. The van der Waals surface area contributed by atoms with E-state index in [1.807, 2.05) is 6.07 Å². The van der Waals surface area contributed by atoms with Gasteiger partial charge in [0.1, 0.15) is 5.75 Å². The molecule has 2 N–H and O–H groups in total. The summed E-state index contributed by atoms with van der Waals surface area (Å²) in [6, 6.07) is 3.67. The molecule has 0 aliphatic carbocycles. The van der Waals surface area contributed by atoms with Crippen LogP contribution in [0.15, 0.2) is 12.1 Å². The number of likely N-dealkylation sites (N-methyl/N-ethyl adjacent to an activating group) is 1. The Labute approximate surface area is 94.0 Å². The molecule has 15 heavy (non-hydrogen) atoms. The third-order valence-corrected chi connectivity index (χ3v) is 2.75. The van der Waals surface area contributed by atoms with E-state index in [1.165, 1.54) is 0 Å². The number of fused-ring (bicyclic) bond motifs is 1. The third-order valence-electron chi connectivity index (χ3n) is 2.53. The quantitative estimate of drug-likeness (QED) is 0.823. The highest BCUT2D eigenvalue weighted by molar-refractivity contribution is 6.30. The Morgan fingerprint density at radius 2 is 2.40 bits per heavy atom. The molecule has 0 spiro atoms. The zero-order valence-corrected chi connectivity index (χ0v) is 9.34. The number of ether oxygens (including phenoxy) is 1. The molecule has 0 fully saturated rings. The largest absolute Gasteiger partial charge is 0.493 e. The van der Waals surface area contributed by atoms with Crippen molar-refractivity contribution >= 4 is 11.6 Å². The molecule has 1 aromatic rings. The number of halogens is 1. The van der Waals surface area contributed by atoms with Crippen molar-refractivity contribution in [2.24, 2.45) is 0 Å². The summed E-state index contributed by atoms with van der Waals surface area (Å²) in [5, 5.41) is 13.5. The molecule has 1 aliphatic rings. The first kappa shape index (κ1) is 10.7. The van der Waals surface area contributed by atoms with E-state index in [9.17, 15) is 5.11 Å². The Morgan fingerprint density at radius 3 is 3.13 bits per heavy atom. The van der Waals surface area contributed by atoms with Gasteiger partial charge < -0.3 is 15.2 Å². The smallest absolute Gasteiger partial charge is 0.128 e. The van der Waals surface area contributed by atoms with E-state index in [0.29, 0.717) is 18.2 Å². The molecule has 1 aromatic carbocycles. The molecule has 82 valence electrons. The molecule has 0 aromatic heterocycles. The van der Waals surface area contributed by atoms with Crippen molar-refractivity contribution in [1.82, 2.24) is 5.32 Å². The van der Waals surface area contributed by atoms with Gasteiger partial charge in [0, 0.05) is 23.6 Å². The molecule has 1 unspecified atom stereocenters. The lowest BCUT2D eigenvalue weighted by Crippen LogP contribution is -2.17. The van der Waals surface area contributed by atoms with Gasteiger partial charge in [-0.3, -0.25) is 0 Å². The van der Waals surface area contributed by atoms with Crippen molar-refractivity contribution in [1.29, 1.82) is 0 Å². The maximum atomic E-state index is 9.91. The van der Waals surface area contributed by atoms with Gasteiger partial charge in [-0.05, 0) is 24.7 Å². The maximum absolute atomic E-state index is 9.91. The normalized spacial score (nSPS) is 15.9.